The lowest BCUT2D eigenvalue weighted by atomic mass is 10.1. The molecule has 1 atom stereocenters. The molecule has 6 nitrogen and oxygen atoms in total. The molecule has 1 aromatic rings. The van der Waals surface area contributed by atoms with Gasteiger partial charge in [0.2, 0.25) is 5.91 Å². The van der Waals surface area contributed by atoms with Gasteiger partial charge in [-0.15, -0.1) is 0 Å². The predicted molar refractivity (Wildman–Crippen MR) is 103 cm³/mol. The minimum absolute atomic E-state index is 0.00768. The lowest BCUT2D eigenvalue weighted by molar-refractivity contribution is -0.126. The average Bonchev–Trinajstić information content (AvgIpc) is 2.90. The maximum atomic E-state index is 12.4. The smallest absolute Gasteiger partial charge is 0.387 e. The van der Waals surface area contributed by atoms with Gasteiger partial charge < -0.3 is 10.1 Å². The quantitative estimate of drug-likeness (QED) is 0.623. The van der Waals surface area contributed by atoms with E-state index in [1.165, 1.54) is 30.3 Å². The van der Waals surface area contributed by atoms with Crippen LogP contribution in [0.5, 0.6) is 5.75 Å². The Bertz CT molecular complexity index is 753. The maximum Gasteiger partial charge on any atom is 0.387 e. The number of carbonyl (C=O) groups excluding carboxylic acids is 3. The molecule has 0 saturated carbocycles. The van der Waals surface area contributed by atoms with Crippen LogP contribution in [0.15, 0.2) is 29.2 Å². The molecule has 9 heteroatoms. The average molecular weight is 412 g/mol. The van der Waals surface area contributed by atoms with Gasteiger partial charge in [0, 0.05) is 19.0 Å². The Balaban J connectivity index is 1.93. The van der Waals surface area contributed by atoms with E-state index < -0.39 is 17.8 Å². The third-order valence-corrected chi connectivity index (χ3v) is 4.99. The summed E-state index contributed by atoms with van der Waals surface area (Å²) in [5.74, 6) is -0.653. The number of carbonyl (C=O) groups is 3. The number of alkyl halides is 2. The third-order valence-electron chi connectivity index (χ3n) is 4.08. The minimum atomic E-state index is -2.91. The van der Waals surface area contributed by atoms with Crippen LogP contribution >= 0.6 is 11.8 Å². The van der Waals surface area contributed by atoms with Crippen LogP contribution in [0, 0.1) is 5.92 Å². The lowest BCUT2D eigenvalue weighted by Crippen LogP contribution is -2.38. The highest BCUT2D eigenvalue weighted by atomic mass is 32.2. The second kappa shape index (κ2) is 10.2. The summed E-state index contributed by atoms with van der Waals surface area (Å²) in [6.07, 6.45) is 3.19. The number of imide groups is 1. The van der Waals surface area contributed by atoms with Gasteiger partial charge in [0.15, 0.2) is 0 Å². The SMILES string of the molecule is CCC[C@H](C)C(=O)NCCN1C(=O)S/C(=C/c2ccc(OC(F)F)cc2)C1=O. The van der Waals surface area contributed by atoms with Crippen molar-refractivity contribution in [3.05, 3.63) is 34.7 Å². The zero-order valence-electron chi connectivity index (χ0n) is 15.6. The van der Waals surface area contributed by atoms with Crippen molar-refractivity contribution in [2.45, 2.75) is 33.3 Å². The fraction of sp³-hybridized carbons (Fsp3) is 0.421. The molecule has 1 aliphatic rings. The molecule has 1 aliphatic heterocycles. The lowest BCUT2D eigenvalue weighted by Gasteiger charge is -2.15. The van der Waals surface area contributed by atoms with Gasteiger partial charge >= 0.3 is 6.61 Å². The molecule has 0 unspecified atom stereocenters. The van der Waals surface area contributed by atoms with Gasteiger partial charge in [-0.2, -0.15) is 8.78 Å². The molecule has 1 aromatic carbocycles. The Kier molecular flexibility index (Phi) is 7.98. The molecule has 0 spiro atoms. The van der Waals surface area contributed by atoms with E-state index in [4.69, 9.17) is 0 Å². The first-order valence-electron chi connectivity index (χ1n) is 8.89. The molecule has 28 heavy (non-hydrogen) atoms. The molecular formula is C19H22F2N2O4S. The van der Waals surface area contributed by atoms with Gasteiger partial charge in [-0.05, 0) is 42.0 Å². The van der Waals surface area contributed by atoms with Crippen molar-refractivity contribution in [3.63, 3.8) is 0 Å². The number of halogens is 2. The molecule has 1 heterocycles. The van der Waals surface area contributed by atoms with Gasteiger partial charge in [-0.1, -0.05) is 32.4 Å². The summed E-state index contributed by atoms with van der Waals surface area (Å²) in [6, 6.07) is 5.74. The standard InChI is InChI=1S/C19H22F2N2O4S/c1-3-4-12(2)16(24)22-9-10-23-17(25)15(28-19(23)26)11-13-5-7-14(8-6-13)27-18(20)21/h5-8,11-12,18H,3-4,9-10H2,1-2H3,(H,22,24)/b15-11+/t12-/m0/s1. The molecule has 1 fully saturated rings. The van der Waals surface area contributed by atoms with E-state index in [1.807, 2.05) is 13.8 Å². The van der Waals surface area contributed by atoms with Gasteiger partial charge in [0.05, 0.1) is 4.91 Å². The highest BCUT2D eigenvalue weighted by molar-refractivity contribution is 8.18. The molecule has 0 aliphatic carbocycles. The largest absolute Gasteiger partial charge is 0.435 e. The molecular weight excluding hydrogens is 390 g/mol. The summed E-state index contributed by atoms with van der Waals surface area (Å²) in [7, 11) is 0. The van der Waals surface area contributed by atoms with E-state index in [0.29, 0.717) is 5.56 Å². The molecule has 0 bridgehead atoms. The van der Waals surface area contributed by atoms with E-state index in [-0.39, 0.29) is 35.6 Å². The van der Waals surface area contributed by atoms with Crippen molar-refractivity contribution in [3.8, 4) is 5.75 Å². The minimum Gasteiger partial charge on any atom is -0.435 e. The van der Waals surface area contributed by atoms with Crippen LogP contribution in [0.25, 0.3) is 6.08 Å². The van der Waals surface area contributed by atoms with Crippen LogP contribution in [0.2, 0.25) is 0 Å². The van der Waals surface area contributed by atoms with E-state index in [0.717, 1.165) is 29.5 Å². The zero-order chi connectivity index (χ0) is 20.7. The van der Waals surface area contributed by atoms with E-state index in [1.54, 1.807) is 0 Å². The van der Waals surface area contributed by atoms with Gasteiger partial charge in [-0.3, -0.25) is 19.3 Å². The Hall–Kier alpha value is -2.42. The first-order chi connectivity index (χ1) is 13.3. The number of thioether (sulfide) groups is 1. The number of hydrogen-bond donors (Lipinski definition) is 1. The summed E-state index contributed by atoms with van der Waals surface area (Å²) in [6.45, 7) is 1.20. The summed E-state index contributed by atoms with van der Waals surface area (Å²) in [4.78, 5) is 37.7. The van der Waals surface area contributed by atoms with Crippen molar-refractivity contribution < 1.29 is 27.9 Å². The number of amides is 3. The number of rotatable bonds is 9. The van der Waals surface area contributed by atoms with Gasteiger partial charge in [0.1, 0.15) is 5.75 Å². The van der Waals surface area contributed by atoms with Crippen molar-refractivity contribution in [2.24, 2.45) is 5.92 Å². The number of ether oxygens (including phenoxy) is 1. The van der Waals surface area contributed by atoms with Crippen LogP contribution in [-0.2, 0) is 9.59 Å². The number of nitrogens with one attached hydrogen (secondary N) is 1. The van der Waals surface area contributed by atoms with Crippen molar-refractivity contribution in [2.75, 3.05) is 13.1 Å². The molecule has 1 N–H and O–H groups in total. The zero-order valence-corrected chi connectivity index (χ0v) is 16.4. The van der Waals surface area contributed by atoms with Gasteiger partial charge in [-0.25, -0.2) is 0 Å². The van der Waals surface area contributed by atoms with Crippen molar-refractivity contribution in [1.82, 2.24) is 10.2 Å². The number of hydrogen-bond acceptors (Lipinski definition) is 5. The fourth-order valence-electron chi connectivity index (χ4n) is 2.62. The fourth-order valence-corrected chi connectivity index (χ4v) is 3.48. The third kappa shape index (κ3) is 6.05. The monoisotopic (exact) mass is 412 g/mol. The first kappa shape index (κ1) is 21.9. The summed E-state index contributed by atoms with van der Waals surface area (Å²) < 4.78 is 28.6. The topological polar surface area (TPSA) is 75.7 Å². The van der Waals surface area contributed by atoms with Crippen molar-refractivity contribution >= 4 is 34.9 Å². The Morgan fingerprint density at radius 2 is 1.96 bits per heavy atom. The Morgan fingerprint density at radius 3 is 2.57 bits per heavy atom. The van der Waals surface area contributed by atoms with Crippen LogP contribution in [0.4, 0.5) is 13.6 Å². The molecule has 152 valence electrons. The predicted octanol–water partition coefficient (Wildman–Crippen LogP) is 3.88. The Morgan fingerprint density at radius 1 is 1.29 bits per heavy atom. The van der Waals surface area contributed by atoms with E-state index >= 15 is 0 Å². The van der Waals surface area contributed by atoms with E-state index in [2.05, 4.69) is 10.1 Å². The molecule has 0 radical (unpaired) electrons. The molecule has 2 rings (SSSR count). The highest BCUT2D eigenvalue weighted by Gasteiger charge is 2.34. The maximum absolute atomic E-state index is 12.4. The van der Waals surface area contributed by atoms with E-state index in [9.17, 15) is 23.2 Å². The highest BCUT2D eigenvalue weighted by Crippen LogP contribution is 2.32. The van der Waals surface area contributed by atoms with Crippen molar-refractivity contribution in [1.29, 1.82) is 0 Å². The van der Waals surface area contributed by atoms with Crippen LogP contribution < -0.4 is 10.1 Å². The number of nitrogens with zero attached hydrogens (tertiary/aromatic N) is 1. The second-order valence-corrected chi connectivity index (χ2v) is 7.25. The summed E-state index contributed by atoms with van der Waals surface area (Å²) in [5, 5.41) is 2.32. The first-order valence-corrected chi connectivity index (χ1v) is 9.71. The normalized spacial score (nSPS) is 16.8. The van der Waals surface area contributed by atoms with Crippen LogP contribution in [0.1, 0.15) is 32.3 Å². The van der Waals surface area contributed by atoms with Gasteiger partial charge in [0.25, 0.3) is 11.1 Å². The summed E-state index contributed by atoms with van der Waals surface area (Å²) >= 11 is 0.799. The molecule has 0 aromatic heterocycles. The number of benzene rings is 1. The van der Waals surface area contributed by atoms with Crippen LogP contribution in [0.3, 0.4) is 0 Å². The molecule has 1 saturated heterocycles. The second-order valence-electron chi connectivity index (χ2n) is 6.26. The summed E-state index contributed by atoms with van der Waals surface area (Å²) in [5.41, 5.74) is 0.578. The van der Waals surface area contributed by atoms with Crippen LogP contribution in [-0.4, -0.2) is 41.7 Å². The Labute approximate surface area is 166 Å². The molecule has 3 amide bonds.